The highest BCUT2D eigenvalue weighted by molar-refractivity contribution is 7.92. The van der Waals surface area contributed by atoms with Crippen LogP contribution in [0.25, 0.3) is 10.2 Å². The van der Waals surface area contributed by atoms with Crippen molar-refractivity contribution in [3.63, 3.8) is 0 Å². The van der Waals surface area contributed by atoms with Crippen LogP contribution in [0.15, 0.2) is 52.4 Å². The van der Waals surface area contributed by atoms with Gasteiger partial charge in [-0.2, -0.15) is 4.99 Å². The van der Waals surface area contributed by atoms with Crippen LogP contribution in [0.2, 0.25) is 5.02 Å². The molecule has 130 valence electrons. The van der Waals surface area contributed by atoms with Crippen LogP contribution in [0.3, 0.4) is 0 Å². The maximum Gasteiger partial charge on any atom is 0.263 e. The summed E-state index contributed by atoms with van der Waals surface area (Å²) < 4.78 is 27.2. The molecule has 0 atom stereocenters. The molecule has 0 aliphatic heterocycles. The summed E-state index contributed by atoms with van der Waals surface area (Å²) in [6, 6.07) is 11.5. The van der Waals surface area contributed by atoms with Crippen LogP contribution in [0.1, 0.15) is 5.56 Å². The Morgan fingerprint density at radius 1 is 1.24 bits per heavy atom. The Bertz CT molecular complexity index is 1130. The molecule has 0 N–H and O–H groups in total. The molecule has 0 aliphatic rings. The SMILES string of the molecule is Cc1cc(Cl)cc2sc(=NC(=O)CS(=O)(=O)c3ccccc3)n(C)c12. The molecule has 1 aromatic heterocycles. The van der Waals surface area contributed by atoms with Gasteiger partial charge in [0.1, 0.15) is 5.75 Å². The minimum absolute atomic E-state index is 0.113. The zero-order chi connectivity index (χ0) is 18.2. The van der Waals surface area contributed by atoms with Crippen LogP contribution in [-0.2, 0) is 21.7 Å². The molecular weight excluding hydrogens is 380 g/mol. The smallest absolute Gasteiger partial charge is 0.263 e. The fraction of sp³-hybridized carbons (Fsp3) is 0.176. The van der Waals surface area contributed by atoms with Crippen LogP contribution in [0.5, 0.6) is 0 Å². The Hall–Kier alpha value is -1.96. The van der Waals surface area contributed by atoms with E-state index in [9.17, 15) is 13.2 Å². The minimum atomic E-state index is -3.71. The van der Waals surface area contributed by atoms with Crippen molar-refractivity contribution in [1.82, 2.24) is 4.57 Å². The van der Waals surface area contributed by atoms with Crippen LogP contribution in [0, 0.1) is 6.92 Å². The van der Waals surface area contributed by atoms with Gasteiger partial charge < -0.3 is 4.57 Å². The van der Waals surface area contributed by atoms with Gasteiger partial charge >= 0.3 is 0 Å². The quantitative estimate of drug-likeness (QED) is 0.685. The summed E-state index contributed by atoms with van der Waals surface area (Å²) in [6.45, 7) is 1.92. The molecule has 1 amide bonds. The minimum Gasteiger partial charge on any atom is -0.319 e. The molecule has 0 fully saturated rings. The number of thiazole rings is 1. The van der Waals surface area contributed by atoms with E-state index in [2.05, 4.69) is 4.99 Å². The van der Waals surface area contributed by atoms with E-state index in [0.717, 1.165) is 15.8 Å². The second kappa shape index (κ2) is 6.74. The van der Waals surface area contributed by atoms with Crippen molar-refractivity contribution in [3.8, 4) is 0 Å². The molecule has 0 unspecified atom stereocenters. The predicted octanol–water partition coefficient (Wildman–Crippen LogP) is 3.10. The highest BCUT2D eigenvalue weighted by Gasteiger charge is 2.19. The average molecular weight is 395 g/mol. The largest absolute Gasteiger partial charge is 0.319 e. The topological polar surface area (TPSA) is 68.5 Å². The summed E-state index contributed by atoms with van der Waals surface area (Å²) in [5, 5.41) is 0.608. The number of benzene rings is 2. The molecule has 0 radical (unpaired) electrons. The number of halogens is 1. The fourth-order valence-electron chi connectivity index (χ4n) is 2.59. The molecule has 0 saturated heterocycles. The van der Waals surface area contributed by atoms with Crippen molar-refractivity contribution in [2.75, 3.05) is 5.75 Å². The zero-order valence-electron chi connectivity index (χ0n) is 13.6. The van der Waals surface area contributed by atoms with Gasteiger partial charge in [0.2, 0.25) is 0 Å². The van der Waals surface area contributed by atoms with Gasteiger partial charge in [-0.25, -0.2) is 8.42 Å². The van der Waals surface area contributed by atoms with Crippen molar-refractivity contribution in [3.05, 3.63) is 57.9 Å². The van der Waals surface area contributed by atoms with Crippen LogP contribution < -0.4 is 4.80 Å². The summed E-state index contributed by atoms with van der Waals surface area (Å²) >= 11 is 7.37. The third-order valence-electron chi connectivity index (χ3n) is 3.69. The van der Waals surface area contributed by atoms with Crippen molar-refractivity contribution >= 4 is 48.9 Å². The number of aromatic nitrogens is 1. The maximum absolute atomic E-state index is 12.3. The van der Waals surface area contributed by atoms with Crippen molar-refractivity contribution < 1.29 is 13.2 Å². The van der Waals surface area contributed by atoms with Crippen LogP contribution in [0.4, 0.5) is 0 Å². The normalized spacial score (nSPS) is 12.7. The first kappa shape index (κ1) is 17.8. The number of aryl methyl sites for hydroxylation is 2. The number of hydrogen-bond donors (Lipinski definition) is 0. The summed E-state index contributed by atoms with van der Waals surface area (Å²) in [5.74, 6) is -1.36. The Labute approximate surface area is 154 Å². The average Bonchev–Trinajstić information content (AvgIpc) is 2.83. The molecule has 0 aliphatic carbocycles. The molecular formula is C17H15ClN2O3S2. The first-order valence-electron chi connectivity index (χ1n) is 7.39. The number of carbonyl (C=O) groups is 1. The summed E-state index contributed by atoms with van der Waals surface area (Å²) in [4.78, 5) is 16.8. The second-order valence-corrected chi connectivity index (χ2v) is 9.03. The molecule has 8 heteroatoms. The first-order valence-corrected chi connectivity index (χ1v) is 10.2. The summed E-state index contributed by atoms with van der Waals surface area (Å²) in [5.41, 5.74) is 1.89. The fourth-order valence-corrected chi connectivity index (χ4v) is 5.20. The van der Waals surface area contributed by atoms with E-state index >= 15 is 0 Å². The van der Waals surface area contributed by atoms with Gasteiger partial charge in [-0.15, -0.1) is 0 Å². The van der Waals surface area contributed by atoms with Gasteiger partial charge in [-0.3, -0.25) is 4.79 Å². The van der Waals surface area contributed by atoms with Crippen molar-refractivity contribution in [2.24, 2.45) is 12.0 Å². The number of hydrogen-bond acceptors (Lipinski definition) is 4. The van der Waals surface area contributed by atoms with E-state index in [0.29, 0.717) is 9.82 Å². The lowest BCUT2D eigenvalue weighted by atomic mass is 10.2. The van der Waals surface area contributed by atoms with E-state index in [1.165, 1.54) is 23.5 Å². The number of fused-ring (bicyclic) bond motifs is 1. The molecule has 1 heterocycles. The summed E-state index contributed by atoms with van der Waals surface area (Å²) in [7, 11) is -1.92. The van der Waals surface area contributed by atoms with E-state index in [4.69, 9.17) is 11.6 Å². The lowest BCUT2D eigenvalue weighted by molar-refractivity contribution is -0.115. The second-order valence-electron chi connectivity index (χ2n) is 5.59. The van der Waals surface area contributed by atoms with E-state index in [-0.39, 0.29) is 4.90 Å². The zero-order valence-corrected chi connectivity index (χ0v) is 16.0. The van der Waals surface area contributed by atoms with Gasteiger partial charge in [0.25, 0.3) is 5.91 Å². The lowest BCUT2D eigenvalue weighted by Gasteiger charge is -2.01. The molecule has 3 aromatic rings. The monoisotopic (exact) mass is 394 g/mol. The Balaban J connectivity index is 1.99. The number of rotatable bonds is 3. The molecule has 25 heavy (non-hydrogen) atoms. The van der Waals surface area contributed by atoms with Crippen LogP contribution >= 0.6 is 22.9 Å². The Morgan fingerprint density at radius 2 is 1.92 bits per heavy atom. The van der Waals surface area contributed by atoms with Gasteiger partial charge in [0.05, 0.1) is 15.1 Å². The Morgan fingerprint density at radius 3 is 2.60 bits per heavy atom. The molecule has 3 rings (SSSR count). The van der Waals surface area contributed by atoms with E-state index < -0.39 is 21.5 Å². The molecule has 0 saturated carbocycles. The molecule has 0 bridgehead atoms. The number of amides is 1. The number of carbonyl (C=O) groups excluding carboxylic acids is 1. The third-order valence-corrected chi connectivity index (χ3v) is 6.60. The van der Waals surface area contributed by atoms with Crippen molar-refractivity contribution in [1.29, 1.82) is 0 Å². The third kappa shape index (κ3) is 3.68. The first-order chi connectivity index (χ1) is 11.8. The van der Waals surface area contributed by atoms with Gasteiger partial charge in [-0.1, -0.05) is 41.1 Å². The van der Waals surface area contributed by atoms with E-state index in [1.54, 1.807) is 35.9 Å². The van der Waals surface area contributed by atoms with Crippen molar-refractivity contribution in [2.45, 2.75) is 11.8 Å². The lowest BCUT2D eigenvalue weighted by Crippen LogP contribution is -2.19. The van der Waals surface area contributed by atoms with Gasteiger partial charge in [-0.05, 0) is 36.8 Å². The summed E-state index contributed by atoms with van der Waals surface area (Å²) in [6.07, 6.45) is 0. The van der Waals surface area contributed by atoms with Gasteiger partial charge in [0.15, 0.2) is 14.6 Å². The number of sulfone groups is 1. The number of nitrogens with zero attached hydrogens (tertiary/aromatic N) is 2. The highest BCUT2D eigenvalue weighted by atomic mass is 35.5. The van der Waals surface area contributed by atoms with Gasteiger partial charge in [0, 0.05) is 12.1 Å². The maximum atomic E-state index is 12.3. The van der Waals surface area contributed by atoms with E-state index in [1.807, 2.05) is 13.0 Å². The highest BCUT2D eigenvalue weighted by Crippen LogP contribution is 2.25. The Kier molecular flexibility index (Phi) is 4.81. The molecule has 5 nitrogen and oxygen atoms in total. The molecule has 2 aromatic carbocycles. The molecule has 0 spiro atoms. The standard InChI is InChI=1S/C17H15ClN2O3S2/c1-11-8-12(18)9-14-16(11)20(2)17(24-14)19-15(21)10-25(22,23)13-6-4-3-5-7-13/h3-9H,10H2,1-2H3. The predicted molar refractivity (Wildman–Crippen MR) is 99.6 cm³/mol. The van der Waals surface area contributed by atoms with Crippen LogP contribution in [-0.4, -0.2) is 24.6 Å².